The first kappa shape index (κ1) is 23.2. The molecule has 0 saturated carbocycles. The summed E-state index contributed by atoms with van der Waals surface area (Å²) in [6.45, 7) is 0. The molecular weight excluding hydrogens is 474 g/mol. The molecular formula is C26H28Ge2O. The fraction of sp³-hybridized carbons (Fsp3) is 0.0769. The van der Waals surface area contributed by atoms with Crippen LogP contribution in [0.25, 0.3) is 0 Å². The third kappa shape index (κ3) is 7.04. The van der Waals surface area contributed by atoms with E-state index >= 15 is 0 Å². The Morgan fingerprint density at radius 3 is 0.690 bits per heavy atom. The van der Waals surface area contributed by atoms with Crippen LogP contribution in [0.5, 0.6) is 0 Å². The third-order valence-electron chi connectivity index (χ3n) is 4.83. The van der Waals surface area contributed by atoms with Crippen LogP contribution >= 0.6 is 0 Å². The van der Waals surface area contributed by atoms with Gasteiger partial charge in [0.2, 0.25) is 0 Å². The average Bonchev–Trinajstić information content (AvgIpc) is 2.81. The second-order valence-corrected chi connectivity index (χ2v) is 16.8. The fourth-order valence-electron chi connectivity index (χ4n) is 3.09. The van der Waals surface area contributed by atoms with Gasteiger partial charge in [-0.1, -0.05) is 0 Å². The van der Waals surface area contributed by atoms with Crippen LogP contribution in [0.4, 0.5) is 0 Å². The molecule has 0 aliphatic carbocycles. The topological polar surface area (TPSA) is 31.5 Å². The first-order chi connectivity index (χ1) is 13.8. The van der Waals surface area contributed by atoms with Gasteiger partial charge in [0.1, 0.15) is 0 Å². The Morgan fingerprint density at radius 2 is 0.517 bits per heavy atom. The molecule has 0 unspecified atom stereocenters. The molecule has 0 heterocycles. The zero-order valence-electron chi connectivity index (χ0n) is 17.0. The number of benzene rings is 4. The number of hydrogen-bond donors (Lipinski definition) is 0. The second kappa shape index (κ2) is 12.5. The van der Waals surface area contributed by atoms with Gasteiger partial charge in [0.25, 0.3) is 0 Å². The Bertz CT molecular complexity index is 769. The van der Waals surface area contributed by atoms with E-state index in [1.54, 1.807) is 17.6 Å². The average molecular weight is 502 g/mol. The van der Waals surface area contributed by atoms with E-state index in [1.165, 1.54) is 0 Å². The minimum absolute atomic E-state index is 0. The van der Waals surface area contributed by atoms with Gasteiger partial charge in [-0.2, -0.15) is 0 Å². The van der Waals surface area contributed by atoms with Crippen molar-refractivity contribution in [3.05, 3.63) is 121 Å². The van der Waals surface area contributed by atoms with Crippen molar-refractivity contribution in [1.29, 1.82) is 0 Å². The van der Waals surface area contributed by atoms with Crippen molar-refractivity contribution >= 4 is 46.3 Å². The van der Waals surface area contributed by atoms with Gasteiger partial charge in [-0.25, -0.2) is 0 Å². The Hall–Kier alpha value is -2.07. The summed E-state index contributed by atoms with van der Waals surface area (Å²) in [6, 6.07) is 43.4. The first-order valence-electron chi connectivity index (χ1n) is 9.64. The number of rotatable bonds is 4. The molecule has 0 saturated heterocycles. The Morgan fingerprint density at radius 1 is 0.345 bits per heavy atom. The van der Waals surface area contributed by atoms with E-state index in [9.17, 15) is 0 Å². The Kier molecular flexibility index (Phi) is 9.99. The van der Waals surface area contributed by atoms with E-state index in [0.29, 0.717) is 0 Å². The van der Waals surface area contributed by atoms with E-state index in [2.05, 4.69) is 133 Å². The van der Waals surface area contributed by atoms with Crippen molar-refractivity contribution in [3.8, 4) is 0 Å². The summed E-state index contributed by atoms with van der Waals surface area (Å²) in [5, 5.41) is 0. The predicted molar refractivity (Wildman–Crippen MR) is 131 cm³/mol. The molecule has 4 aromatic carbocycles. The molecule has 146 valence electrons. The fourth-order valence-corrected chi connectivity index (χ4v) is 10.3. The maximum atomic E-state index is 2.41. The van der Waals surface area contributed by atoms with Crippen LogP contribution in [0.3, 0.4) is 0 Å². The van der Waals surface area contributed by atoms with Crippen LogP contribution in [-0.2, 0) is 0 Å². The molecule has 0 aromatic heterocycles. The van der Waals surface area contributed by atoms with Gasteiger partial charge in [-0.3, -0.25) is 0 Å². The summed E-state index contributed by atoms with van der Waals surface area (Å²) in [4.78, 5) is 0. The van der Waals surface area contributed by atoms with Gasteiger partial charge in [-0.15, -0.1) is 0 Å². The van der Waals surface area contributed by atoms with Gasteiger partial charge in [0.05, 0.1) is 0 Å². The first-order valence-corrected chi connectivity index (χ1v) is 18.0. The minimum atomic E-state index is -1.20. The molecule has 0 aliphatic rings. The van der Waals surface area contributed by atoms with Gasteiger partial charge >= 0.3 is 179 Å². The monoisotopic (exact) mass is 504 g/mol. The Labute approximate surface area is 184 Å². The Balaban J connectivity index is 0.000000200. The van der Waals surface area contributed by atoms with Crippen molar-refractivity contribution < 1.29 is 5.48 Å². The molecule has 0 spiro atoms. The molecule has 2 radical (unpaired) electrons. The van der Waals surface area contributed by atoms with Crippen molar-refractivity contribution in [2.24, 2.45) is 0 Å². The molecule has 29 heavy (non-hydrogen) atoms. The number of hydrogen-bond acceptors (Lipinski definition) is 0. The molecule has 1 nitrogen and oxygen atoms in total. The second-order valence-electron chi connectivity index (χ2n) is 6.71. The predicted octanol–water partition coefficient (Wildman–Crippen LogP) is 3.03. The van der Waals surface area contributed by atoms with Crippen LogP contribution in [0, 0.1) is 0 Å². The van der Waals surface area contributed by atoms with Gasteiger partial charge in [0, 0.05) is 0 Å². The summed E-state index contributed by atoms with van der Waals surface area (Å²) in [5.41, 5.74) is 0. The molecule has 0 aliphatic heterocycles. The van der Waals surface area contributed by atoms with Crippen molar-refractivity contribution in [1.82, 2.24) is 0 Å². The van der Waals surface area contributed by atoms with Crippen LogP contribution in [0.1, 0.15) is 0 Å². The summed E-state index contributed by atoms with van der Waals surface area (Å²) >= 11 is -2.40. The molecule has 4 rings (SSSR count). The summed E-state index contributed by atoms with van der Waals surface area (Å²) in [7, 11) is 0. The summed E-state index contributed by atoms with van der Waals surface area (Å²) < 4.78 is 6.16. The van der Waals surface area contributed by atoms with Gasteiger partial charge in [0.15, 0.2) is 0 Å². The van der Waals surface area contributed by atoms with Crippen molar-refractivity contribution in [2.45, 2.75) is 11.5 Å². The zero-order chi connectivity index (χ0) is 19.6. The summed E-state index contributed by atoms with van der Waals surface area (Å²) in [5.74, 6) is 4.81. The molecule has 0 bridgehead atoms. The normalized spacial score (nSPS) is 10.1. The molecule has 0 atom stereocenters. The molecule has 3 heteroatoms. The quantitative estimate of drug-likeness (QED) is 0.385. The zero-order valence-corrected chi connectivity index (χ0v) is 21.2. The van der Waals surface area contributed by atoms with Gasteiger partial charge in [-0.05, 0) is 0 Å². The standard InChI is InChI=1S/2C13H13Ge.H2O/c2*1-14(12-8-4-2-5-9-12)13-10-6-3-7-11-13;/h2*2-11H,1H3;1H2. The van der Waals surface area contributed by atoms with E-state index in [-0.39, 0.29) is 5.48 Å². The van der Waals surface area contributed by atoms with E-state index in [0.717, 1.165) is 0 Å². The molecule has 2 N–H and O–H groups in total. The van der Waals surface area contributed by atoms with Crippen LogP contribution in [-0.4, -0.2) is 34.2 Å². The van der Waals surface area contributed by atoms with Crippen molar-refractivity contribution in [2.75, 3.05) is 0 Å². The van der Waals surface area contributed by atoms with Crippen LogP contribution in [0.15, 0.2) is 121 Å². The van der Waals surface area contributed by atoms with E-state index in [1.807, 2.05) is 0 Å². The van der Waals surface area contributed by atoms with E-state index in [4.69, 9.17) is 0 Å². The van der Waals surface area contributed by atoms with Crippen molar-refractivity contribution in [3.63, 3.8) is 0 Å². The molecule has 4 aromatic rings. The maximum absolute atomic E-state index is 2.41. The SMILES string of the molecule is O.[CH3][Ge]([c]1ccccc1)[c]1ccccc1.[CH3][Ge]([c]1ccccc1)[c]1ccccc1. The molecule has 0 fully saturated rings. The molecule has 0 amide bonds. The summed E-state index contributed by atoms with van der Waals surface area (Å²) in [6.07, 6.45) is 0. The van der Waals surface area contributed by atoms with Crippen LogP contribution in [0.2, 0.25) is 11.5 Å². The van der Waals surface area contributed by atoms with Gasteiger partial charge < -0.3 is 5.48 Å². The van der Waals surface area contributed by atoms with Crippen LogP contribution < -0.4 is 17.6 Å². The van der Waals surface area contributed by atoms with E-state index < -0.39 is 28.7 Å². The third-order valence-corrected chi connectivity index (χ3v) is 14.9.